The highest BCUT2D eigenvalue weighted by molar-refractivity contribution is 5.99. The van der Waals surface area contributed by atoms with Gasteiger partial charge < -0.3 is 4.90 Å². The summed E-state index contributed by atoms with van der Waals surface area (Å²) >= 11 is 0. The van der Waals surface area contributed by atoms with E-state index in [4.69, 9.17) is 0 Å². The Labute approximate surface area is 152 Å². The molecule has 0 spiro atoms. The van der Waals surface area contributed by atoms with E-state index in [2.05, 4.69) is 31.2 Å². The molecule has 142 valence electrons. The Morgan fingerprint density at radius 2 is 1.64 bits per heavy atom. The summed E-state index contributed by atoms with van der Waals surface area (Å²) in [6, 6.07) is 0. The standard InChI is InChI=1S/C20H35N3O2/c1-19(2,3)17(24)15-7-11-22(12-8-15)18(25)16-9-13-23(14-10-16)21-20(4,5)6/h7,16,21H,8-14H2,1-6H3. The van der Waals surface area contributed by atoms with Gasteiger partial charge in [-0.15, -0.1) is 0 Å². The number of hydrazine groups is 1. The van der Waals surface area contributed by atoms with Gasteiger partial charge in [0.25, 0.3) is 0 Å². The Kier molecular flexibility index (Phi) is 6.10. The van der Waals surface area contributed by atoms with Crippen molar-refractivity contribution in [1.29, 1.82) is 0 Å². The third-order valence-electron chi connectivity index (χ3n) is 4.83. The molecule has 1 saturated heterocycles. The van der Waals surface area contributed by atoms with Crippen LogP contribution in [-0.2, 0) is 9.59 Å². The minimum absolute atomic E-state index is 0.0600. The number of hydrogen-bond acceptors (Lipinski definition) is 4. The molecule has 0 atom stereocenters. The maximum Gasteiger partial charge on any atom is 0.226 e. The van der Waals surface area contributed by atoms with Crippen molar-refractivity contribution in [1.82, 2.24) is 15.3 Å². The lowest BCUT2D eigenvalue weighted by Gasteiger charge is -2.38. The van der Waals surface area contributed by atoms with Crippen molar-refractivity contribution < 1.29 is 9.59 Å². The maximum absolute atomic E-state index is 12.8. The minimum Gasteiger partial charge on any atom is -0.338 e. The molecule has 0 radical (unpaired) electrons. The van der Waals surface area contributed by atoms with Crippen LogP contribution < -0.4 is 5.43 Å². The number of Topliss-reactive ketones (excluding diaryl/α,β-unsaturated/α-hetero) is 1. The predicted molar refractivity (Wildman–Crippen MR) is 101 cm³/mol. The molecule has 0 bridgehead atoms. The van der Waals surface area contributed by atoms with Crippen LogP contribution in [0.5, 0.6) is 0 Å². The summed E-state index contributed by atoms with van der Waals surface area (Å²) in [5.41, 5.74) is 4.10. The molecule has 5 nitrogen and oxygen atoms in total. The van der Waals surface area contributed by atoms with Gasteiger partial charge in [0.1, 0.15) is 0 Å². The van der Waals surface area contributed by atoms with Crippen LogP contribution in [0.4, 0.5) is 0 Å². The fourth-order valence-corrected chi connectivity index (χ4v) is 3.53. The molecule has 0 saturated carbocycles. The number of hydrogen-bond donors (Lipinski definition) is 1. The molecule has 0 aromatic rings. The lowest BCUT2D eigenvalue weighted by molar-refractivity contribution is -0.137. The topological polar surface area (TPSA) is 52.7 Å². The lowest BCUT2D eigenvalue weighted by atomic mass is 9.84. The van der Waals surface area contributed by atoms with E-state index in [1.807, 2.05) is 31.7 Å². The van der Waals surface area contributed by atoms with E-state index in [0.717, 1.165) is 31.5 Å². The second kappa shape index (κ2) is 7.58. The molecule has 1 fully saturated rings. The lowest BCUT2D eigenvalue weighted by Crippen LogP contribution is -2.53. The van der Waals surface area contributed by atoms with Crippen LogP contribution in [0.1, 0.15) is 60.8 Å². The summed E-state index contributed by atoms with van der Waals surface area (Å²) in [5, 5.41) is 2.24. The smallest absolute Gasteiger partial charge is 0.226 e. The van der Waals surface area contributed by atoms with Gasteiger partial charge in [0.2, 0.25) is 5.91 Å². The Bertz CT molecular complexity index is 532. The van der Waals surface area contributed by atoms with Gasteiger partial charge in [-0.05, 0) is 45.6 Å². The first-order valence-corrected chi connectivity index (χ1v) is 9.53. The summed E-state index contributed by atoms with van der Waals surface area (Å²) in [6.07, 6.45) is 4.45. The van der Waals surface area contributed by atoms with Crippen molar-refractivity contribution >= 4 is 11.7 Å². The SMILES string of the molecule is CC(C)(C)NN1CCC(C(=O)N2CC=C(C(=O)C(C)(C)C)CC2)CC1. The summed E-state index contributed by atoms with van der Waals surface area (Å²) in [5.74, 6) is 0.585. The first-order chi connectivity index (χ1) is 11.5. The number of carbonyl (C=O) groups is 2. The average molecular weight is 350 g/mol. The van der Waals surface area contributed by atoms with Gasteiger partial charge in [0, 0.05) is 43.1 Å². The van der Waals surface area contributed by atoms with E-state index in [9.17, 15) is 9.59 Å². The van der Waals surface area contributed by atoms with Gasteiger partial charge in [-0.2, -0.15) is 0 Å². The van der Waals surface area contributed by atoms with Crippen LogP contribution in [-0.4, -0.2) is 53.3 Å². The zero-order valence-electron chi connectivity index (χ0n) is 16.8. The summed E-state index contributed by atoms with van der Waals surface area (Å²) in [6.45, 7) is 15.4. The maximum atomic E-state index is 12.8. The third kappa shape index (κ3) is 5.65. The first-order valence-electron chi connectivity index (χ1n) is 9.53. The Hall–Kier alpha value is -1.20. The van der Waals surface area contributed by atoms with Gasteiger partial charge in [-0.1, -0.05) is 26.8 Å². The second-order valence-corrected chi connectivity index (χ2v) is 9.47. The van der Waals surface area contributed by atoms with E-state index in [1.54, 1.807) is 0 Å². The van der Waals surface area contributed by atoms with E-state index in [1.165, 1.54) is 0 Å². The van der Waals surface area contributed by atoms with E-state index in [0.29, 0.717) is 19.5 Å². The van der Waals surface area contributed by atoms with Crippen LogP contribution >= 0.6 is 0 Å². The van der Waals surface area contributed by atoms with Gasteiger partial charge in [0.15, 0.2) is 5.78 Å². The monoisotopic (exact) mass is 349 g/mol. The number of piperidine rings is 1. The van der Waals surface area contributed by atoms with Crippen molar-refractivity contribution in [3.8, 4) is 0 Å². The van der Waals surface area contributed by atoms with E-state index >= 15 is 0 Å². The zero-order valence-corrected chi connectivity index (χ0v) is 16.8. The van der Waals surface area contributed by atoms with Crippen molar-refractivity contribution in [3.63, 3.8) is 0 Å². The number of amides is 1. The highest BCUT2D eigenvalue weighted by atomic mass is 16.2. The van der Waals surface area contributed by atoms with Crippen LogP contribution in [0.25, 0.3) is 0 Å². The highest BCUT2D eigenvalue weighted by Crippen LogP contribution is 2.26. The highest BCUT2D eigenvalue weighted by Gasteiger charge is 2.32. The summed E-state index contributed by atoms with van der Waals surface area (Å²) < 4.78 is 0. The van der Waals surface area contributed by atoms with Gasteiger partial charge in [-0.3, -0.25) is 9.59 Å². The molecule has 1 amide bonds. The van der Waals surface area contributed by atoms with Crippen LogP contribution in [0.3, 0.4) is 0 Å². The van der Waals surface area contributed by atoms with E-state index in [-0.39, 0.29) is 28.6 Å². The Morgan fingerprint density at radius 1 is 1.04 bits per heavy atom. The molecule has 2 aliphatic heterocycles. The Balaban J connectivity index is 1.85. The molecular weight excluding hydrogens is 314 g/mol. The Morgan fingerprint density at radius 3 is 2.08 bits per heavy atom. The van der Waals surface area contributed by atoms with Crippen molar-refractivity contribution in [2.75, 3.05) is 26.2 Å². The third-order valence-corrected chi connectivity index (χ3v) is 4.83. The molecule has 2 heterocycles. The van der Waals surface area contributed by atoms with E-state index < -0.39 is 0 Å². The van der Waals surface area contributed by atoms with Crippen molar-refractivity contribution in [2.45, 2.75) is 66.3 Å². The zero-order chi connectivity index (χ0) is 18.8. The second-order valence-electron chi connectivity index (χ2n) is 9.47. The quantitative estimate of drug-likeness (QED) is 0.851. The number of ketones is 1. The van der Waals surface area contributed by atoms with Crippen LogP contribution in [0.15, 0.2) is 11.6 Å². The number of carbonyl (C=O) groups excluding carboxylic acids is 2. The average Bonchev–Trinajstić information content (AvgIpc) is 2.52. The molecule has 5 heteroatoms. The predicted octanol–water partition coefficient (Wildman–Crippen LogP) is 2.78. The molecule has 2 aliphatic rings. The van der Waals surface area contributed by atoms with Crippen molar-refractivity contribution in [2.24, 2.45) is 11.3 Å². The molecule has 2 rings (SSSR count). The summed E-state index contributed by atoms with van der Waals surface area (Å²) in [7, 11) is 0. The van der Waals surface area contributed by atoms with Gasteiger partial charge >= 0.3 is 0 Å². The van der Waals surface area contributed by atoms with Crippen LogP contribution in [0, 0.1) is 11.3 Å². The molecule has 0 aliphatic carbocycles. The normalized spacial score (nSPS) is 21.2. The summed E-state index contributed by atoms with van der Waals surface area (Å²) in [4.78, 5) is 27.1. The molecule has 0 unspecified atom stereocenters. The number of rotatable bonds is 3. The fraction of sp³-hybridized carbons (Fsp3) is 0.800. The fourth-order valence-electron chi connectivity index (χ4n) is 3.53. The molecule has 25 heavy (non-hydrogen) atoms. The number of nitrogens with zero attached hydrogens (tertiary/aromatic N) is 2. The van der Waals surface area contributed by atoms with Crippen molar-refractivity contribution in [3.05, 3.63) is 11.6 Å². The van der Waals surface area contributed by atoms with Gasteiger partial charge in [0.05, 0.1) is 0 Å². The largest absolute Gasteiger partial charge is 0.338 e. The molecule has 0 aromatic heterocycles. The van der Waals surface area contributed by atoms with Crippen LogP contribution in [0.2, 0.25) is 0 Å². The molecule has 0 aromatic carbocycles. The first kappa shape index (κ1) is 20.1. The minimum atomic E-state index is -0.342. The number of nitrogens with one attached hydrogen (secondary N) is 1. The van der Waals surface area contributed by atoms with Gasteiger partial charge in [-0.25, -0.2) is 10.4 Å². The molecular formula is C20H35N3O2. The molecule has 1 N–H and O–H groups in total.